The molecule has 0 radical (unpaired) electrons. The Hall–Kier alpha value is -1.22. The number of hydrogen-bond donors (Lipinski definition) is 2. The monoisotopic (exact) mass is 221 g/mol. The van der Waals surface area contributed by atoms with Crippen molar-refractivity contribution in [3.8, 4) is 11.5 Å². The molecular formula is C13H19NO2. The highest BCUT2D eigenvalue weighted by Crippen LogP contribution is 2.45. The fraction of sp³-hybridized carbons (Fsp3) is 0.538. The molecule has 0 atom stereocenters. The molecule has 0 saturated heterocycles. The average Bonchev–Trinajstić information content (AvgIpc) is 2.24. The molecule has 0 bridgehead atoms. The molecule has 2 rings (SSSR count). The molecule has 16 heavy (non-hydrogen) atoms. The molecule has 1 fully saturated rings. The zero-order chi connectivity index (χ0) is 11.6. The maximum Gasteiger partial charge on any atom is 0.160 e. The van der Waals surface area contributed by atoms with Crippen LogP contribution in [-0.4, -0.2) is 25.8 Å². The van der Waals surface area contributed by atoms with E-state index in [1.54, 1.807) is 13.2 Å². The predicted octanol–water partition coefficient (Wildman–Crippen LogP) is 2.04. The minimum absolute atomic E-state index is 0.213. The van der Waals surface area contributed by atoms with Crippen molar-refractivity contribution in [3.05, 3.63) is 23.8 Å². The van der Waals surface area contributed by atoms with E-state index in [2.05, 4.69) is 5.32 Å². The van der Waals surface area contributed by atoms with Crippen molar-refractivity contribution < 1.29 is 9.84 Å². The molecule has 0 spiro atoms. The SMILES string of the molecule is CNCC1(c2ccc(O)c(OC)c2)CCC1. The summed E-state index contributed by atoms with van der Waals surface area (Å²) < 4.78 is 5.16. The van der Waals surface area contributed by atoms with E-state index in [0.717, 1.165) is 6.54 Å². The van der Waals surface area contributed by atoms with Gasteiger partial charge in [-0.25, -0.2) is 0 Å². The van der Waals surface area contributed by atoms with Gasteiger partial charge in [-0.2, -0.15) is 0 Å². The average molecular weight is 221 g/mol. The van der Waals surface area contributed by atoms with Gasteiger partial charge in [-0.3, -0.25) is 0 Å². The lowest BCUT2D eigenvalue weighted by molar-refractivity contribution is 0.237. The van der Waals surface area contributed by atoms with Crippen LogP contribution in [0.3, 0.4) is 0 Å². The molecule has 1 aromatic rings. The minimum atomic E-state index is 0.213. The molecule has 1 saturated carbocycles. The van der Waals surface area contributed by atoms with Gasteiger partial charge >= 0.3 is 0 Å². The molecule has 88 valence electrons. The summed E-state index contributed by atoms with van der Waals surface area (Å²) in [6.45, 7) is 0.987. The minimum Gasteiger partial charge on any atom is -0.504 e. The summed E-state index contributed by atoms with van der Waals surface area (Å²) in [6.07, 6.45) is 3.70. The van der Waals surface area contributed by atoms with Crippen LogP contribution in [0.4, 0.5) is 0 Å². The highest BCUT2D eigenvalue weighted by atomic mass is 16.5. The van der Waals surface area contributed by atoms with E-state index in [0.29, 0.717) is 5.75 Å². The Labute approximate surface area is 96.4 Å². The molecule has 1 aromatic carbocycles. The van der Waals surface area contributed by atoms with Gasteiger partial charge in [0, 0.05) is 12.0 Å². The number of benzene rings is 1. The second-order valence-corrected chi connectivity index (χ2v) is 4.55. The van der Waals surface area contributed by atoms with Crippen molar-refractivity contribution in [1.82, 2.24) is 5.32 Å². The maximum atomic E-state index is 9.58. The van der Waals surface area contributed by atoms with Crippen LogP contribution in [0.25, 0.3) is 0 Å². The van der Waals surface area contributed by atoms with Crippen LogP contribution in [0, 0.1) is 0 Å². The molecular weight excluding hydrogens is 202 g/mol. The van der Waals surface area contributed by atoms with Gasteiger partial charge in [0.25, 0.3) is 0 Å². The van der Waals surface area contributed by atoms with Crippen molar-refractivity contribution in [3.63, 3.8) is 0 Å². The van der Waals surface area contributed by atoms with E-state index < -0.39 is 0 Å². The summed E-state index contributed by atoms with van der Waals surface area (Å²) in [5.41, 5.74) is 1.51. The van der Waals surface area contributed by atoms with Crippen molar-refractivity contribution >= 4 is 0 Å². The number of aromatic hydroxyl groups is 1. The zero-order valence-corrected chi connectivity index (χ0v) is 9.92. The molecule has 0 aromatic heterocycles. The standard InChI is InChI=1S/C13H19NO2/c1-14-9-13(6-3-7-13)10-4-5-11(15)12(8-10)16-2/h4-5,8,14-15H,3,6-7,9H2,1-2H3. The molecule has 0 aliphatic heterocycles. The van der Waals surface area contributed by atoms with Crippen LogP contribution in [0.2, 0.25) is 0 Å². The van der Waals surface area contributed by atoms with E-state index in [4.69, 9.17) is 4.74 Å². The Kier molecular flexibility index (Phi) is 3.06. The molecule has 0 amide bonds. The summed E-state index contributed by atoms with van der Waals surface area (Å²) in [4.78, 5) is 0. The first-order valence-corrected chi connectivity index (χ1v) is 5.74. The van der Waals surface area contributed by atoms with E-state index >= 15 is 0 Å². The van der Waals surface area contributed by atoms with Crippen molar-refractivity contribution in [1.29, 1.82) is 0 Å². The van der Waals surface area contributed by atoms with Crippen molar-refractivity contribution in [2.24, 2.45) is 0 Å². The van der Waals surface area contributed by atoms with Crippen LogP contribution in [0.5, 0.6) is 11.5 Å². The molecule has 0 heterocycles. The normalized spacial score (nSPS) is 17.9. The van der Waals surface area contributed by atoms with Gasteiger partial charge < -0.3 is 15.2 Å². The fourth-order valence-electron chi connectivity index (χ4n) is 2.52. The lowest BCUT2D eigenvalue weighted by atomic mass is 9.64. The van der Waals surface area contributed by atoms with Gasteiger partial charge in [0.15, 0.2) is 11.5 Å². The summed E-state index contributed by atoms with van der Waals surface area (Å²) in [7, 11) is 3.57. The number of nitrogens with one attached hydrogen (secondary N) is 1. The topological polar surface area (TPSA) is 41.5 Å². The molecule has 1 aliphatic carbocycles. The zero-order valence-electron chi connectivity index (χ0n) is 9.92. The number of ether oxygens (including phenoxy) is 1. The lowest BCUT2D eigenvalue weighted by Crippen LogP contribution is -2.42. The van der Waals surface area contributed by atoms with Crippen molar-refractivity contribution in [2.75, 3.05) is 20.7 Å². The molecule has 0 unspecified atom stereocenters. The highest BCUT2D eigenvalue weighted by Gasteiger charge is 2.38. The summed E-state index contributed by atoms with van der Waals surface area (Å²) in [5, 5.41) is 12.8. The smallest absolute Gasteiger partial charge is 0.160 e. The summed E-state index contributed by atoms with van der Waals surface area (Å²) in [5.74, 6) is 0.782. The lowest BCUT2D eigenvalue weighted by Gasteiger charge is -2.42. The van der Waals surface area contributed by atoms with Crippen LogP contribution < -0.4 is 10.1 Å². The number of methoxy groups -OCH3 is 1. The van der Waals surface area contributed by atoms with Crippen LogP contribution in [0.15, 0.2) is 18.2 Å². The summed E-state index contributed by atoms with van der Waals surface area (Å²) in [6, 6.07) is 5.70. The van der Waals surface area contributed by atoms with Gasteiger partial charge in [0.05, 0.1) is 7.11 Å². The van der Waals surface area contributed by atoms with E-state index in [9.17, 15) is 5.11 Å². The number of phenolic OH excluding ortho intramolecular Hbond substituents is 1. The molecule has 2 N–H and O–H groups in total. The Balaban J connectivity index is 2.31. The van der Waals surface area contributed by atoms with Gasteiger partial charge in [-0.15, -0.1) is 0 Å². The van der Waals surface area contributed by atoms with Gasteiger partial charge in [-0.1, -0.05) is 12.5 Å². The largest absolute Gasteiger partial charge is 0.504 e. The van der Waals surface area contributed by atoms with Gasteiger partial charge in [0.2, 0.25) is 0 Å². The third kappa shape index (κ3) is 1.76. The summed E-state index contributed by atoms with van der Waals surface area (Å²) >= 11 is 0. The third-order valence-corrected chi connectivity index (χ3v) is 3.62. The number of phenols is 1. The first kappa shape index (κ1) is 11.3. The number of rotatable bonds is 4. The molecule has 3 nitrogen and oxygen atoms in total. The second kappa shape index (κ2) is 4.34. The van der Waals surface area contributed by atoms with Crippen LogP contribution in [0.1, 0.15) is 24.8 Å². The van der Waals surface area contributed by atoms with E-state index in [-0.39, 0.29) is 11.2 Å². The third-order valence-electron chi connectivity index (χ3n) is 3.62. The van der Waals surface area contributed by atoms with E-state index in [1.807, 2.05) is 19.2 Å². The molecule has 3 heteroatoms. The van der Waals surface area contributed by atoms with Gasteiger partial charge in [-0.05, 0) is 37.6 Å². The maximum absolute atomic E-state index is 9.58. The Morgan fingerprint density at radius 1 is 1.44 bits per heavy atom. The van der Waals surface area contributed by atoms with Crippen molar-refractivity contribution in [2.45, 2.75) is 24.7 Å². The Morgan fingerprint density at radius 3 is 2.69 bits per heavy atom. The number of likely N-dealkylation sites (N-methyl/N-ethyl adjacent to an activating group) is 1. The highest BCUT2D eigenvalue weighted by molar-refractivity contribution is 5.45. The Morgan fingerprint density at radius 2 is 2.19 bits per heavy atom. The van der Waals surface area contributed by atoms with E-state index in [1.165, 1.54) is 24.8 Å². The number of hydrogen-bond acceptors (Lipinski definition) is 3. The quantitative estimate of drug-likeness (QED) is 0.817. The Bertz CT molecular complexity index is 372. The predicted molar refractivity (Wildman–Crippen MR) is 64.1 cm³/mol. The molecule has 1 aliphatic rings. The second-order valence-electron chi connectivity index (χ2n) is 4.55. The van der Waals surface area contributed by atoms with Crippen LogP contribution >= 0.6 is 0 Å². The fourth-order valence-corrected chi connectivity index (χ4v) is 2.52. The van der Waals surface area contributed by atoms with Gasteiger partial charge in [0.1, 0.15) is 0 Å². The first-order chi connectivity index (χ1) is 7.72. The first-order valence-electron chi connectivity index (χ1n) is 5.74. The van der Waals surface area contributed by atoms with Crippen LogP contribution in [-0.2, 0) is 5.41 Å².